The van der Waals surface area contributed by atoms with E-state index in [4.69, 9.17) is 9.84 Å². The molecule has 0 aliphatic carbocycles. The Morgan fingerprint density at radius 3 is 2.76 bits per heavy atom. The zero-order chi connectivity index (χ0) is 12.6. The number of rotatable bonds is 2. The van der Waals surface area contributed by atoms with Crippen LogP contribution in [0.15, 0.2) is 12.4 Å². The molecule has 9 heteroatoms. The second kappa shape index (κ2) is 4.56. The van der Waals surface area contributed by atoms with Gasteiger partial charge in [0.2, 0.25) is 0 Å². The van der Waals surface area contributed by atoms with Crippen molar-refractivity contribution in [1.82, 2.24) is 10.3 Å². The highest BCUT2D eigenvalue weighted by Crippen LogP contribution is 2.24. The number of aliphatic hydroxyl groups is 3. The first-order valence-corrected chi connectivity index (χ1v) is 4.98. The van der Waals surface area contributed by atoms with E-state index in [1.807, 2.05) is 5.43 Å². The minimum absolute atomic E-state index is 0.479. The average Bonchev–Trinajstić information content (AvgIpc) is 2.57. The monoisotopic (exact) mass is 247 g/mol. The Labute approximate surface area is 96.0 Å². The van der Waals surface area contributed by atoms with E-state index in [2.05, 4.69) is 0 Å². The van der Waals surface area contributed by atoms with Crippen molar-refractivity contribution in [3.63, 3.8) is 0 Å². The van der Waals surface area contributed by atoms with Gasteiger partial charge in [-0.05, 0) is 0 Å². The summed E-state index contributed by atoms with van der Waals surface area (Å²) in [5.41, 5.74) is 2.00. The molecule has 1 saturated heterocycles. The molecule has 17 heavy (non-hydrogen) atoms. The zero-order valence-electron chi connectivity index (χ0n) is 8.68. The molecule has 2 heterocycles. The molecule has 5 N–H and O–H groups in total. The summed E-state index contributed by atoms with van der Waals surface area (Å²) in [6, 6.07) is -0.757. The Morgan fingerprint density at radius 2 is 2.24 bits per heavy atom. The maximum atomic E-state index is 11.4. The fourth-order valence-corrected chi connectivity index (χ4v) is 1.74. The number of quaternary nitrogens is 1. The van der Waals surface area contributed by atoms with E-state index < -0.39 is 42.4 Å². The van der Waals surface area contributed by atoms with E-state index >= 15 is 0 Å². The van der Waals surface area contributed by atoms with Crippen molar-refractivity contribution in [2.75, 3.05) is 6.61 Å². The minimum Gasteiger partial charge on any atom is -0.603 e. The molecule has 96 valence electrons. The Balaban J connectivity index is 2.13. The smallest absolute Gasteiger partial charge is 0.368 e. The summed E-state index contributed by atoms with van der Waals surface area (Å²) < 4.78 is 5.13. The molecule has 0 aromatic heterocycles. The summed E-state index contributed by atoms with van der Waals surface area (Å²) in [6.45, 7) is -0.479. The molecule has 1 fully saturated rings. The Bertz CT molecular complexity index is 337. The van der Waals surface area contributed by atoms with Crippen LogP contribution in [0.1, 0.15) is 0 Å². The van der Waals surface area contributed by atoms with Crippen LogP contribution in [0.5, 0.6) is 0 Å². The number of hydroxylamine groups is 1. The van der Waals surface area contributed by atoms with Gasteiger partial charge in [-0.2, -0.15) is 5.43 Å². The Kier molecular flexibility index (Phi) is 3.28. The number of carbonyl (C=O) groups is 1. The quantitative estimate of drug-likeness (QED) is 0.318. The van der Waals surface area contributed by atoms with Gasteiger partial charge in [-0.15, -0.1) is 0 Å². The van der Waals surface area contributed by atoms with Crippen LogP contribution in [0.25, 0.3) is 0 Å². The van der Waals surface area contributed by atoms with Gasteiger partial charge < -0.3 is 25.3 Å². The van der Waals surface area contributed by atoms with Crippen molar-refractivity contribution in [3.05, 3.63) is 17.6 Å². The van der Waals surface area contributed by atoms with Gasteiger partial charge in [0.1, 0.15) is 24.5 Å². The maximum absolute atomic E-state index is 11.4. The van der Waals surface area contributed by atoms with E-state index in [1.165, 1.54) is 0 Å². The molecule has 2 aliphatic heterocycles. The molecular weight excluding hydrogens is 234 g/mol. The first kappa shape index (κ1) is 12.2. The van der Waals surface area contributed by atoms with Crippen molar-refractivity contribution in [2.45, 2.75) is 24.5 Å². The summed E-state index contributed by atoms with van der Waals surface area (Å²) in [7, 11) is 0. The van der Waals surface area contributed by atoms with E-state index in [-0.39, 0.29) is 0 Å². The Hall–Kier alpha value is -1.23. The highest BCUT2D eigenvalue weighted by molar-refractivity contribution is 5.74. The number of nitrogens with zero attached hydrogens (tertiary/aromatic N) is 1. The van der Waals surface area contributed by atoms with Crippen LogP contribution in [0.3, 0.4) is 0 Å². The standard InChI is InChI=1S/C8H13N3O6/c12-3-4-5(13)6(14)7(17-4)10-1-2-11(16)9-8(10)15/h1-2,4-7,11-14H,3H2,(H,9,15)/t4-,5+,6-,7+/m0/s1. The summed E-state index contributed by atoms with van der Waals surface area (Å²) >= 11 is 0. The van der Waals surface area contributed by atoms with Gasteiger partial charge in [0.05, 0.1) is 12.8 Å². The number of hydrogen-bond donors (Lipinski definition) is 5. The second-order valence-electron chi connectivity index (χ2n) is 3.75. The number of urea groups is 1. The minimum atomic E-state index is -1.35. The van der Waals surface area contributed by atoms with E-state index in [0.29, 0.717) is 0 Å². The van der Waals surface area contributed by atoms with Gasteiger partial charge in [0.25, 0.3) is 0 Å². The van der Waals surface area contributed by atoms with Gasteiger partial charge >= 0.3 is 6.03 Å². The topological polar surface area (TPSA) is 130 Å². The van der Waals surface area contributed by atoms with Crippen LogP contribution >= 0.6 is 0 Å². The number of amides is 2. The molecule has 2 aliphatic rings. The summed E-state index contributed by atoms with van der Waals surface area (Å²) in [5.74, 6) is 0. The van der Waals surface area contributed by atoms with Gasteiger partial charge in [0, 0.05) is 0 Å². The lowest BCUT2D eigenvalue weighted by molar-refractivity contribution is -0.834. The van der Waals surface area contributed by atoms with E-state index in [0.717, 1.165) is 17.3 Å². The highest BCUT2D eigenvalue weighted by atomic mass is 16.6. The molecule has 0 spiro atoms. The van der Waals surface area contributed by atoms with Gasteiger partial charge in [-0.3, -0.25) is 4.90 Å². The number of ether oxygens (including phenoxy) is 1. The third kappa shape index (κ3) is 2.11. The van der Waals surface area contributed by atoms with Crippen LogP contribution in [0.4, 0.5) is 4.79 Å². The maximum Gasteiger partial charge on any atom is 0.368 e. The third-order valence-electron chi connectivity index (χ3n) is 2.64. The molecule has 0 saturated carbocycles. The van der Waals surface area contributed by atoms with E-state index in [9.17, 15) is 20.2 Å². The molecule has 0 radical (unpaired) electrons. The van der Waals surface area contributed by atoms with Gasteiger partial charge in [-0.1, -0.05) is 0 Å². The van der Waals surface area contributed by atoms with Crippen LogP contribution in [-0.4, -0.2) is 57.4 Å². The van der Waals surface area contributed by atoms with Crippen LogP contribution in [0.2, 0.25) is 0 Å². The predicted octanol–water partition coefficient (Wildman–Crippen LogP) is -3.78. The van der Waals surface area contributed by atoms with Gasteiger partial charge in [0.15, 0.2) is 6.23 Å². The van der Waals surface area contributed by atoms with Crippen molar-refractivity contribution in [1.29, 1.82) is 0 Å². The van der Waals surface area contributed by atoms with Crippen molar-refractivity contribution in [2.24, 2.45) is 0 Å². The lowest BCUT2D eigenvalue weighted by Gasteiger charge is -2.32. The molecule has 1 unspecified atom stereocenters. The number of hydrogen-bond acceptors (Lipinski definition) is 6. The molecule has 0 bridgehead atoms. The summed E-state index contributed by atoms with van der Waals surface area (Å²) in [5, 5.41) is 38.4. The lowest BCUT2D eigenvalue weighted by atomic mass is 10.1. The fourth-order valence-electron chi connectivity index (χ4n) is 1.74. The predicted molar refractivity (Wildman–Crippen MR) is 51.6 cm³/mol. The first-order chi connectivity index (χ1) is 8.04. The second-order valence-corrected chi connectivity index (χ2v) is 3.75. The van der Waals surface area contributed by atoms with Crippen molar-refractivity contribution < 1.29 is 30.0 Å². The number of carbonyl (C=O) groups excluding carboxylic acids is 1. The third-order valence-corrected chi connectivity index (χ3v) is 2.64. The molecular formula is C8H13N3O6. The highest BCUT2D eigenvalue weighted by Gasteiger charge is 2.47. The SMILES string of the molecule is O=C1N[NH+]([O-])C=CN1[C@@H]1O[C@@H](CO)[C@@H](O)[C@@H]1O. The van der Waals surface area contributed by atoms with Crippen LogP contribution in [-0.2, 0) is 4.74 Å². The molecule has 5 atom stereocenters. The van der Waals surface area contributed by atoms with Crippen LogP contribution < -0.4 is 10.6 Å². The van der Waals surface area contributed by atoms with E-state index in [1.54, 1.807) is 0 Å². The molecule has 9 nitrogen and oxygen atoms in total. The molecule has 2 rings (SSSR count). The normalized spacial score (nSPS) is 41.8. The first-order valence-electron chi connectivity index (χ1n) is 4.98. The number of aliphatic hydroxyl groups excluding tert-OH is 3. The van der Waals surface area contributed by atoms with Crippen LogP contribution in [0, 0.1) is 5.21 Å². The summed E-state index contributed by atoms with van der Waals surface area (Å²) in [6.07, 6.45) is -2.49. The van der Waals surface area contributed by atoms with Gasteiger partial charge in [-0.25, -0.2) is 9.97 Å². The Morgan fingerprint density at radius 1 is 1.53 bits per heavy atom. The van der Waals surface area contributed by atoms with Crippen molar-refractivity contribution in [3.8, 4) is 0 Å². The number of nitrogens with one attached hydrogen (secondary N) is 2. The van der Waals surface area contributed by atoms with Crippen molar-refractivity contribution >= 4 is 6.03 Å². The summed E-state index contributed by atoms with van der Waals surface area (Å²) in [4.78, 5) is 12.4. The molecule has 0 aromatic carbocycles. The molecule has 2 amide bonds. The average molecular weight is 247 g/mol. The largest absolute Gasteiger partial charge is 0.603 e. The fraction of sp³-hybridized carbons (Fsp3) is 0.625. The molecule has 0 aromatic rings. The zero-order valence-corrected chi connectivity index (χ0v) is 8.68. The lowest BCUT2D eigenvalue weighted by Crippen LogP contribution is -3.12.